The zero-order chi connectivity index (χ0) is 57.8. The zero-order valence-electron chi connectivity index (χ0n) is 51.8. The van der Waals surface area contributed by atoms with Crippen LogP contribution in [0.1, 0.15) is 284 Å². The van der Waals surface area contributed by atoms with Gasteiger partial charge in [-0.15, -0.1) is 0 Å². The Morgan fingerprint density at radius 2 is 0.487 bits per heavy atom. The molecular formula is C74H120O6. The molecule has 0 rings (SSSR count). The van der Waals surface area contributed by atoms with Gasteiger partial charge >= 0.3 is 17.9 Å². The third-order valence-corrected chi connectivity index (χ3v) is 13.6. The van der Waals surface area contributed by atoms with E-state index < -0.39 is 6.10 Å². The highest BCUT2D eigenvalue weighted by Crippen LogP contribution is 2.15. The van der Waals surface area contributed by atoms with Crippen LogP contribution in [0, 0.1) is 0 Å². The van der Waals surface area contributed by atoms with Gasteiger partial charge < -0.3 is 14.2 Å². The molecular weight excluding hydrogens is 985 g/mol. The molecule has 6 heteroatoms. The number of hydrogen-bond acceptors (Lipinski definition) is 6. The summed E-state index contributed by atoms with van der Waals surface area (Å²) in [5, 5.41) is 0. The van der Waals surface area contributed by atoms with Gasteiger partial charge in [0.15, 0.2) is 6.10 Å². The molecule has 452 valence electrons. The molecule has 0 spiro atoms. The average molecular weight is 1110 g/mol. The molecule has 0 aliphatic carbocycles. The average Bonchev–Trinajstić information content (AvgIpc) is 3.46. The first-order chi connectivity index (χ1) is 39.5. The van der Waals surface area contributed by atoms with Crippen molar-refractivity contribution in [3.63, 3.8) is 0 Å². The van der Waals surface area contributed by atoms with Crippen LogP contribution in [0.5, 0.6) is 0 Å². The minimum atomic E-state index is -0.790. The lowest BCUT2D eigenvalue weighted by Gasteiger charge is -2.18. The number of esters is 3. The monoisotopic (exact) mass is 1100 g/mol. The van der Waals surface area contributed by atoms with Crippen molar-refractivity contribution in [2.45, 2.75) is 290 Å². The Balaban J connectivity index is 4.22. The molecule has 0 heterocycles. The van der Waals surface area contributed by atoms with Crippen molar-refractivity contribution in [3.8, 4) is 0 Å². The van der Waals surface area contributed by atoms with Crippen molar-refractivity contribution in [1.82, 2.24) is 0 Å². The Morgan fingerprint density at radius 1 is 0.263 bits per heavy atom. The van der Waals surface area contributed by atoms with Crippen LogP contribution in [0.25, 0.3) is 0 Å². The van der Waals surface area contributed by atoms with Crippen LogP contribution in [0.3, 0.4) is 0 Å². The Hall–Kier alpha value is -4.71. The van der Waals surface area contributed by atoms with Gasteiger partial charge in [-0.25, -0.2) is 0 Å². The van der Waals surface area contributed by atoms with Crippen LogP contribution in [-0.2, 0) is 28.6 Å². The summed E-state index contributed by atoms with van der Waals surface area (Å²) in [7, 11) is 0. The van der Waals surface area contributed by atoms with Gasteiger partial charge in [-0.2, -0.15) is 0 Å². The summed E-state index contributed by atoms with van der Waals surface area (Å²) < 4.78 is 16.9. The number of unbranched alkanes of at least 4 members (excludes halogenated alkanes) is 23. The van der Waals surface area contributed by atoms with E-state index in [4.69, 9.17) is 14.2 Å². The highest BCUT2D eigenvalue weighted by atomic mass is 16.6. The highest BCUT2D eigenvalue weighted by molar-refractivity contribution is 5.71. The second-order valence-corrected chi connectivity index (χ2v) is 21.3. The van der Waals surface area contributed by atoms with E-state index in [2.05, 4.69) is 167 Å². The molecule has 0 aliphatic rings. The fourth-order valence-corrected chi connectivity index (χ4v) is 8.74. The van der Waals surface area contributed by atoms with Crippen LogP contribution < -0.4 is 0 Å². The second-order valence-electron chi connectivity index (χ2n) is 21.3. The van der Waals surface area contributed by atoms with Crippen LogP contribution in [0.2, 0.25) is 0 Å². The van der Waals surface area contributed by atoms with Gasteiger partial charge in [0, 0.05) is 19.3 Å². The Kier molecular flexibility index (Phi) is 62.9. The summed E-state index contributed by atoms with van der Waals surface area (Å²) in [5.41, 5.74) is 0. The number of carbonyl (C=O) groups excluding carboxylic acids is 3. The lowest BCUT2D eigenvalue weighted by molar-refractivity contribution is -0.167. The molecule has 0 aromatic carbocycles. The maximum absolute atomic E-state index is 12.9. The minimum absolute atomic E-state index is 0.0870. The Bertz CT molecular complexity index is 1750. The smallest absolute Gasteiger partial charge is 0.306 e. The number of hydrogen-bond donors (Lipinski definition) is 0. The largest absolute Gasteiger partial charge is 0.462 e. The molecule has 1 atom stereocenters. The molecule has 0 aromatic rings. The third kappa shape index (κ3) is 64.1. The molecule has 0 radical (unpaired) electrons. The van der Waals surface area contributed by atoms with E-state index in [1.807, 2.05) is 0 Å². The molecule has 0 aliphatic heterocycles. The van der Waals surface area contributed by atoms with Crippen molar-refractivity contribution < 1.29 is 28.6 Å². The highest BCUT2D eigenvalue weighted by Gasteiger charge is 2.19. The normalized spacial score (nSPS) is 13.1. The van der Waals surface area contributed by atoms with E-state index >= 15 is 0 Å². The molecule has 6 nitrogen and oxygen atoms in total. The summed E-state index contributed by atoms with van der Waals surface area (Å²) in [5.74, 6) is -0.908. The molecule has 0 saturated carbocycles. The van der Waals surface area contributed by atoms with E-state index in [0.717, 1.165) is 148 Å². The number of carbonyl (C=O) groups is 3. The Labute approximate surface area is 493 Å². The number of rotatable bonds is 58. The molecule has 0 aromatic heterocycles. The van der Waals surface area contributed by atoms with Crippen molar-refractivity contribution >= 4 is 17.9 Å². The maximum Gasteiger partial charge on any atom is 0.306 e. The van der Waals surface area contributed by atoms with E-state index in [1.165, 1.54) is 96.3 Å². The van der Waals surface area contributed by atoms with Crippen LogP contribution in [0.4, 0.5) is 0 Å². The van der Waals surface area contributed by atoms with Gasteiger partial charge in [-0.05, 0) is 122 Å². The van der Waals surface area contributed by atoms with Gasteiger partial charge in [0.2, 0.25) is 0 Å². The summed E-state index contributed by atoms with van der Waals surface area (Å²) >= 11 is 0. The fourth-order valence-electron chi connectivity index (χ4n) is 8.74. The third-order valence-electron chi connectivity index (χ3n) is 13.6. The van der Waals surface area contributed by atoms with Gasteiger partial charge in [0.05, 0.1) is 0 Å². The molecule has 0 fully saturated rings. The predicted octanol–water partition coefficient (Wildman–Crippen LogP) is 22.7. The van der Waals surface area contributed by atoms with Crippen molar-refractivity contribution in [1.29, 1.82) is 0 Å². The zero-order valence-corrected chi connectivity index (χ0v) is 51.8. The lowest BCUT2D eigenvalue weighted by Crippen LogP contribution is -2.30. The summed E-state index contributed by atoms with van der Waals surface area (Å²) in [6.45, 7) is 6.37. The Morgan fingerprint density at radius 3 is 0.762 bits per heavy atom. The molecule has 80 heavy (non-hydrogen) atoms. The fraction of sp³-hybridized carbons (Fsp3) is 0.635. The standard InChI is InChI=1S/C74H120O6/c1-4-7-10-13-16-19-21-23-25-27-29-31-33-34-35-36-37-38-39-40-42-43-45-47-49-51-53-55-58-61-64-67-73(76)79-70-71(69-78-72(75)66-63-60-57-18-15-12-9-6-3)80-74(77)68-65-62-59-56-54-52-50-48-46-44-41-32-30-28-26-24-22-20-17-14-11-8-5-2/h7-8,10-11,16-17,19-20,23-26,29-32,34-35,37-38,40,42,44,46,71H,4-6,9,12-15,18,21-22,27-28,33,36,39,41,43,45,47-70H2,1-3H3/b10-7-,11-8-,19-16-,20-17-,25-23-,26-24-,31-29-,32-30-,35-34-,38-37-,42-40-,46-44-. The molecule has 0 bridgehead atoms. The molecule has 0 amide bonds. The van der Waals surface area contributed by atoms with Crippen molar-refractivity contribution in [3.05, 3.63) is 146 Å². The first-order valence-corrected chi connectivity index (χ1v) is 32.8. The van der Waals surface area contributed by atoms with Gasteiger partial charge in [0.25, 0.3) is 0 Å². The maximum atomic E-state index is 12.9. The van der Waals surface area contributed by atoms with Gasteiger partial charge in [-0.3, -0.25) is 14.4 Å². The minimum Gasteiger partial charge on any atom is -0.462 e. The summed E-state index contributed by atoms with van der Waals surface area (Å²) in [6, 6.07) is 0. The first kappa shape index (κ1) is 75.3. The van der Waals surface area contributed by atoms with Gasteiger partial charge in [-0.1, -0.05) is 289 Å². The summed E-state index contributed by atoms with van der Waals surface area (Å²) in [6.07, 6.45) is 95.8. The van der Waals surface area contributed by atoms with Gasteiger partial charge in [0.1, 0.15) is 13.2 Å². The van der Waals surface area contributed by atoms with E-state index in [-0.39, 0.29) is 31.1 Å². The van der Waals surface area contributed by atoms with Crippen LogP contribution >= 0.6 is 0 Å². The number of ether oxygens (including phenoxy) is 3. The van der Waals surface area contributed by atoms with Crippen LogP contribution in [0.15, 0.2) is 146 Å². The van der Waals surface area contributed by atoms with E-state index in [9.17, 15) is 14.4 Å². The quantitative estimate of drug-likeness (QED) is 0.0261. The summed E-state index contributed by atoms with van der Waals surface area (Å²) in [4.78, 5) is 38.2. The topological polar surface area (TPSA) is 78.9 Å². The van der Waals surface area contributed by atoms with Crippen molar-refractivity contribution in [2.24, 2.45) is 0 Å². The van der Waals surface area contributed by atoms with Crippen molar-refractivity contribution in [2.75, 3.05) is 13.2 Å². The molecule has 0 saturated heterocycles. The predicted molar refractivity (Wildman–Crippen MR) is 348 cm³/mol. The number of allylic oxidation sites excluding steroid dienone is 24. The molecule has 0 N–H and O–H groups in total. The first-order valence-electron chi connectivity index (χ1n) is 32.8. The SMILES string of the molecule is CC/C=C\C/C=C\C/C=C\C/C=C\C/C=C\C/C=C\C/C=C\CCCCCCCCCCCC(=O)OCC(COC(=O)CCCCCCCCCC)OC(=O)CCCCCCCCC/C=C\C/C=C\C/C=C\C/C=C\C/C=C\CC. The van der Waals surface area contributed by atoms with E-state index in [1.54, 1.807) is 0 Å². The van der Waals surface area contributed by atoms with E-state index in [0.29, 0.717) is 19.3 Å². The molecule has 1 unspecified atom stereocenters. The van der Waals surface area contributed by atoms with Crippen LogP contribution in [-0.4, -0.2) is 37.2 Å². The lowest BCUT2D eigenvalue weighted by atomic mass is 10.1. The second kappa shape index (κ2) is 66.8.